The topological polar surface area (TPSA) is 103 Å². The van der Waals surface area contributed by atoms with Gasteiger partial charge in [0.05, 0.1) is 12.0 Å². The van der Waals surface area contributed by atoms with Crippen LogP contribution >= 0.6 is 11.6 Å². The Morgan fingerprint density at radius 2 is 1.88 bits per heavy atom. The molecule has 1 aliphatic heterocycles. The lowest BCUT2D eigenvalue weighted by Crippen LogP contribution is -2.62. The Morgan fingerprint density at radius 3 is 2.38 bits per heavy atom. The minimum Gasteiger partial charge on any atom is -0.466 e. The van der Waals surface area contributed by atoms with Gasteiger partial charge in [-0.2, -0.15) is 17.8 Å². The number of hydrogen-bond donors (Lipinski definition) is 0. The Hall–Kier alpha value is -2.89. The summed E-state index contributed by atoms with van der Waals surface area (Å²) in [4.78, 5) is 22.2. The van der Waals surface area contributed by atoms with Crippen LogP contribution in [0.2, 0.25) is 0 Å². The minimum absolute atomic E-state index is 0.213. The molecule has 2 aromatic rings. The van der Waals surface area contributed by atoms with Crippen molar-refractivity contribution in [1.29, 1.82) is 0 Å². The Morgan fingerprint density at radius 1 is 1.27 bits per heavy atom. The molecule has 1 amide bonds. The number of carbonyl (C=O) groups is 1. The normalized spacial score (nSPS) is 20.0. The molecule has 0 radical (unpaired) electrons. The lowest BCUT2D eigenvalue weighted by molar-refractivity contribution is -0.384. The highest BCUT2D eigenvalue weighted by Gasteiger charge is 2.53. The van der Waals surface area contributed by atoms with E-state index in [9.17, 15) is 28.1 Å². The second-order valence-electron chi connectivity index (χ2n) is 5.20. The molecule has 2 atom stereocenters. The fraction of sp³-hybridized carbons (Fsp3) is 0.308. The number of nitro groups is 1. The molecule has 0 aliphatic carbocycles. The Kier molecular flexibility index (Phi) is 4.22. The van der Waals surface area contributed by atoms with E-state index in [4.69, 9.17) is 16.3 Å². The first kappa shape index (κ1) is 17.9. The van der Waals surface area contributed by atoms with Gasteiger partial charge in [-0.3, -0.25) is 14.9 Å². The van der Waals surface area contributed by atoms with E-state index in [-0.39, 0.29) is 5.69 Å². The zero-order chi connectivity index (χ0) is 19.2. The van der Waals surface area contributed by atoms with E-state index < -0.39 is 40.3 Å². The summed E-state index contributed by atoms with van der Waals surface area (Å²) in [5.41, 5.74) is 0.0917. The van der Waals surface area contributed by atoms with Crippen LogP contribution in [-0.2, 0) is 11.0 Å². The molecule has 2 unspecified atom stereocenters. The van der Waals surface area contributed by atoms with E-state index in [2.05, 4.69) is 10.2 Å². The highest BCUT2D eigenvalue weighted by molar-refractivity contribution is 6.36. The van der Waals surface area contributed by atoms with Crippen LogP contribution in [0, 0.1) is 10.1 Å². The number of nitro benzene ring substituents is 1. The average molecular weight is 392 g/mol. The summed E-state index contributed by atoms with van der Waals surface area (Å²) in [5.74, 6) is -2.28. The van der Waals surface area contributed by atoms with Crippen LogP contribution in [0.15, 0.2) is 24.3 Å². The Balaban J connectivity index is 2.06. The number of ether oxygens (including phenoxy) is 1. The van der Waals surface area contributed by atoms with Crippen molar-refractivity contribution in [3.05, 3.63) is 45.8 Å². The van der Waals surface area contributed by atoms with Gasteiger partial charge in [0.1, 0.15) is 11.4 Å². The molecule has 1 aromatic carbocycles. The van der Waals surface area contributed by atoms with Crippen LogP contribution in [0.3, 0.4) is 0 Å². The minimum atomic E-state index is -4.90. The van der Waals surface area contributed by atoms with Gasteiger partial charge in [-0.05, 0) is 17.7 Å². The number of methoxy groups -OCH3 is 1. The summed E-state index contributed by atoms with van der Waals surface area (Å²) < 4.78 is 44.7. The average Bonchev–Trinajstić information content (AvgIpc) is 3.02. The van der Waals surface area contributed by atoms with E-state index in [0.29, 0.717) is 15.2 Å². The molecule has 138 valence electrons. The maximum atomic E-state index is 13.2. The molecule has 1 saturated heterocycles. The van der Waals surface area contributed by atoms with Crippen molar-refractivity contribution >= 4 is 23.2 Å². The second-order valence-corrected chi connectivity index (χ2v) is 5.67. The number of nitrogens with zero attached hydrogens (tertiary/aromatic N) is 5. The molecule has 1 aromatic heterocycles. The number of halogens is 4. The first-order valence-corrected chi connectivity index (χ1v) is 7.39. The lowest BCUT2D eigenvalue weighted by atomic mass is 9.95. The molecule has 1 aliphatic rings. The molecule has 0 bridgehead atoms. The van der Waals surface area contributed by atoms with Crippen LogP contribution in [0.25, 0.3) is 0 Å². The summed E-state index contributed by atoms with van der Waals surface area (Å²) in [7, 11) is 1.07. The van der Waals surface area contributed by atoms with Crippen LogP contribution in [0.1, 0.15) is 17.4 Å². The van der Waals surface area contributed by atoms with Gasteiger partial charge in [-0.25, -0.2) is 5.01 Å². The van der Waals surface area contributed by atoms with Gasteiger partial charge in [0.25, 0.3) is 17.4 Å². The van der Waals surface area contributed by atoms with Crippen molar-refractivity contribution in [2.45, 2.75) is 17.6 Å². The Bertz CT molecular complexity index is 870. The second kappa shape index (κ2) is 6.12. The number of alkyl halides is 4. The van der Waals surface area contributed by atoms with Crippen molar-refractivity contribution in [2.24, 2.45) is 0 Å². The van der Waals surface area contributed by atoms with Gasteiger partial charge in [-0.1, -0.05) is 5.10 Å². The van der Waals surface area contributed by atoms with E-state index in [0.717, 1.165) is 19.2 Å². The molecular formula is C13H9ClF3N5O4. The third kappa shape index (κ3) is 2.71. The number of amides is 1. The van der Waals surface area contributed by atoms with Crippen molar-refractivity contribution < 1.29 is 27.6 Å². The summed E-state index contributed by atoms with van der Waals surface area (Å²) in [5, 5.41) is 16.6. The summed E-state index contributed by atoms with van der Waals surface area (Å²) >= 11 is 5.97. The first-order valence-electron chi connectivity index (χ1n) is 6.95. The standard InChI is InChI=1S/C13H9ClF3N5O4/c1-26-12-19-18-11(13(15,16)17)21(12)20-9(8(14)10(20)23)6-2-4-7(5-3-6)22(24)25/h2-5,8-9H,1H3. The largest absolute Gasteiger partial charge is 0.466 e. The van der Waals surface area contributed by atoms with E-state index in [1.165, 1.54) is 12.1 Å². The van der Waals surface area contributed by atoms with E-state index in [1.807, 2.05) is 0 Å². The summed E-state index contributed by atoms with van der Waals surface area (Å²) in [6, 6.07) is 3.36. The third-order valence-electron chi connectivity index (χ3n) is 3.71. The highest BCUT2D eigenvalue weighted by Crippen LogP contribution is 2.41. The maximum Gasteiger partial charge on any atom is 0.453 e. The van der Waals surface area contributed by atoms with Crippen molar-refractivity contribution in [3.63, 3.8) is 0 Å². The summed E-state index contributed by atoms with van der Waals surface area (Å²) in [6.45, 7) is 0. The Labute approximate surface area is 148 Å². The smallest absolute Gasteiger partial charge is 0.453 e. The number of β-lactam (4-membered cyclic amide) rings is 1. The van der Waals surface area contributed by atoms with Gasteiger partial charge in [0.15, 0.2) is 0 Å². The van der Waals surface area contributed by atoms with E-state index in [1.54, 1.807) is 0 Å². The van der Waals surface area contributed by atoms with Crippen LogP contribution in [-0.4, -0.2) is 38.2 Å². The van der Waals surface area contributed by atoms with Crippen LogP contribution in [0.5, 0.6) is 6.01 Å². The molecule has 26 heavy (non-hydrogen) atoms. The third-order valence-corrected chi connectivity index (χ3v) is 4.14. The lowest BCUT2D eigenvalue weighted by Gasteiger charge is -2.44. The van der Waals surface area contributed by atoms with Crippen molar-refractivity contribution in [2.75, 3.05) is 12.1 Å². The molecule has 3 rings (SSSR count). The number of benzene rings is 1. The molecule has 9 nitrogen and oxygen atoms in total. The number of aromatic nitrogens is 3. The van der Waals surface area contributed by atoms with Crippen LogP contribution < -0.4 is 9.75 Å². The quantitative estimate of drug-likeness (QED) is 0.342. The first-order chi connectivity index (χ1) is 12.2. The molecule has 0 N–H and O–H groups in total. The molecule has 0 saturated carbocycles. The van der Waals surface area contributed by atoms with Gasteiger partial charge in [-0.15, -0.1) is 16.7 Å². The number of hydrogen-bond acceptors (Lipinski definition) is 6. The molecule has 1 fully saturated rings. The molecular weight excluding hydrogens is 383 g/mol. The maximum absolute atomic E-state index is 13.2. The number of non-ortho nitro benzene ring substituents is 1. The van der Waals surface area contributed by atoms with E-state index >= 15 is 0 Å². The summed E-state index contributed by atoms with van der Waals surface area (Å²) in [6.07, 6.45) is -4.90. The predicted molar refractivity (Wildman–Crippen MR) is 80.3 cm³/mol. The fourth-order valence-electron chi connectivity index (χ4n) is 2.53. The van der Waals surface area contributed by atoms with Gasteiger partial charge in [0.2, 0.25) is 0 Å². The van der Waals surface area contributed by atoms with Gasteiger partial charge < -0.3 is 4.74 Å². The van der Waals surface area contributed by atoms with Crippen molar-refractivity contribution in [3.8, 4) is 6.01 Å². The number of carbonyl (C=O) groups excluding carboxylic acids is 1. The molecule has 0 spiro atoms. The predicted octanol–water partition coefficient (Wildman–Crippen LogP) is 2.04. The molecule has 13 heteroatoms. The SMILES string of the molecule is COc1nnc(C(F)(F)F)n1N1C(=O)C(Cl)C1c1ccc([N+](=O)[O-])cc1. The van der Waals surface area contributed by atoms with Gasteiger partial charge >= 0.3 is 12.2 Å². The van der Waals surface area contributed by atoms with Crippen LogP contribution in [0.4, 0.5) is 18.9 Å². The highest BCUT2D eigenvalue weighted by atomic mass is 35.5. The molecule has 2 heterocycles. The van der Waals surface area contributed by atoms with Gasteiger partial charge in [0, 0.05) is 12.1 Å². The zero-order valence-electron chi connectivity index (χ0n) is 12.8. The fourth-order valence-corrected chi connectivity index (χ4v) is 2.88. The van der Waals surface area contributed by atoms with Crippen molar-refractivity contribution in [1.82, 2.24) is 14.9 Å². The monoisotopic (exact) mass is 391 g/mol. The number of rotatable bonds is 4. The zero-order valence-corrected chi connectivity index (χ0v) is 13.6.